The smallest absolute Gasteiger partial charge is 0.264 e. The van der Waals surface area contributed by atoms with Crippen LogP contribution in [0.15, 0.2) is 53.4 Å². The predicted molar refractivity (Wildman–Crippen MR) is 104 cm³/mol. The summed E-state index contributed by atoms with van der Waals surface area (Å²) in [6.45, 7) is 2.23. The largest absolute Gasteiger partial charge is 0.497 e. The summed E-state index contributed by atoms with van der Waals surface area (Å²) in [5.41, 5.74) is 1.41. The lowest BCUT2D eigenvalue weighted by Crippen LogP contribution is -2.41. The normalized spacial score (nSPS) is 11.1. The fraction of sp³-hybridized carbons (Fsp3) is 0.316. The maximum absolute atomic E-state index is 13.2. The number of anilines is 1. The summed E-state index contributed by atoms with van der Waals surface area (Å²) in [5, 5.41) is 2.65. The van der Waals surface area contributed by atoms with Crippen LogP contribution in [0.2, 0.25) is 0 Å². The Labute approximate surface area is 160 Å². The Morgan fingerprint density at radius 1 is 1.04 bits per heavy atom. The van der Waals surface area contributed by atoms with Gasteiger partial charge in [0, 0.05) is 13.7 Å². The van der Waals surface area contributed by atoms with Gasteiger partial charge >= 0.3 is 0 Å². The van der Waals surface area contributed by atoms with Gasteiger partial charge in [0.1, 0.15) is 12.3 Å². The van der Waals surface area contributed by atoms with Crippen LogP contribution in [-0.4, -0.2) is 48.2 Å². The van der Waals surface area contributed by atoms with Crippen LogP contribution in [0.5, 0.6) is 5.75 Å². The number of amides is 1. The van der Waals surface area contributed by atoms with E-state index in [0.717, 1.165) is 9.87 Å². The molecule has 1 amide bonds. The maximum Gasteiger partial charge on any atom is 0.264 e. The molecule has 27 heavy (non-hydrogen) atoms. The Hall–Kier alpha value is -2.58. The van der Waals surface area contributed by atoms with Crippen molar-refractivity contribution < 1.29 is 22.7 Å². The molecule has 0 aliphatic carbocycles. The molecule has 0 aliphatic rings. The van der Waals surface area contributed by atoms with Crippen LogP contribution in [-0.2, 0) is 19.6 Å². The van der Waals surface area contributed by atoms with Crippen molar-refractivity contribution in [3.8, 4) is 5.75 Å². The quantitative estimate of drug-likeness (QED) is 0.660. The average Bonchev–Trinajstić information content (AvgIpc) is 2.67. The van der Waals surface area contributed by atoms with Crippen molar-refractivity contribution >= 4 is 21.6 Å². The van der Waals surface area contributed by atoms with E-state index < -0.39 is 15.9 Å². The second-order valence-electron chi connectivity index (χ2n) is 5.87. The monoisotopic (exact) mass is 392 g/mol. The summed E-state index contributed by atoms with van der Waals surface area (Å²) in [6, 6.07) is 13.0. The molecule has 0 heterocycles. The first kappa shape index (κ1) is 20.7. The topological polar surface area (TPSA) is 84.9 Å². The number of aryl methyl sites for hydroxylation is 1. The first-order valence-corrected chi connectivity index (χ1v) is 9.81. The van der Waals surface area contributed by atoms with Gasteiger partial charge in [0.2, 0.25) is 5.91 Å². The molecule has 2 rings (SSSR count). The molecule has 0 spiro atoms. The number of nitrogens with one attached hydrogen (secondary N) is 1. The Balaban J connectivity index is 2.34. The van der Waals surface area contributed by atoms with Gasteiger partial charge in [-0.3, -0.25) is 9.10 Å². The van der Waals surface area contributed by atoms with Crippen LogP contribution >= 0.6 is 0 Å². The van der Waals surface area contributed by atoms with E-state index in [0.29, 0.717) is 24.6 Å². The number of hydrogen-bond donors (Lipinski definition) is 1. The number of carbonyl (C=O) groups excluding carboxylic acids is 1. The van der Waals surface area contributed by atoms with E-state index in [-0.39, 0.29) is 11.4 Å². The van der Waals surface area contributed by atoms with E-state index in [1.54, 1.807) is 36.4 Å². The molecule has 7 nitrogen and oxygen atoms in total. The van der Waals surface area contributed by atoms with Crippen molar-refractivity contribution in [2.45, 2.75) is 11.8 Å². The Morgan fingerprint density at radius 2 is 1.67 bits per heavy atom. The average molecular weight is 392 g/mol. The van der Waals surface area contributed by atoms with E-state index in [4.69, 9.17) is 9.47 Å². The number of carbonyl (C=O) groups is 1. The highest BCUT2D eigenvalue weighted by atomic mass is 32.2. The van der Waals surface area contributed by atoms with Crippen molar-refractivity contribution in [1.82, 2.24) is 5.32 Å². The van der Waals surface area contributed by atoms with Gasteiger partial charge in [0.05, 0.1) is 24.3 Å². The summed E-state index contributed by atoms with van der Waals surface area (Å²) in [5.74, 6) is 0.137. The number of benzene rings is 2. The molecular weight excluding hydrogens is 368 g/mol. The highest BCUT2D eigenvalue weighted by Crippen LogP contribution is 2.25. The number of methoxy groups -OCH3 is 2. The van der Waals surface area contributed by atoms with Crippen molar-refractivity contribution in [3.63, 3.8) is 0 Å². The van der Waals surface area contributed by atoms with Gasteiger partial charge in [0.15, 0.2) is 0 Å². The molecule has 0 radical (unpaired) electrons. The standard InChI is InChI=1S/C19H24N2O5S/c1-15-4-6-16(7-5-15)21(14-19(22)20-12-13-25-2)27(23,24)18-10-8-17(26-3)9-11-18/h4-11H,12-14H2,1-3H3,(H,20,22). The highest BCUT2D eigenvalue weighted by molar-refractivity contribution is 7.92. The molecule has 0 atom stereocenters. The predicted octanol–water partition coefficient (Wildman–Crippen LogP) is 1.96. The molecule has 146 valence electrons. The molecule has 1 N–H and O–H groups in total. The van der Waals surface area contributed by atoms with Crippen LogP contribution in [0.4, 0.5) is 5.69 Å². The Kier molecular flexibility index (Phi) is 7.20. The Bertz CT molecular complexity index is 849. The molecule has 0 aliphatic heterocycles. The molecule has 2 aromatic rings. The van der Waals surface area contributed by atoms with Crippen LogP contribution in [0.25, 0.3) is 0 Å². The number of nitrogens with zero attached hydrogens (tertiary/aromatic N) is 1. The minimum absolute atomic E-state index is 0.0774. The molecule has 0 bridgehead atoms. The molecule has 0 unspecified atom stereocenters. The molecule has 0 saturated heterocycles. The lowest BCUT2D eigenvalue weighted by atomic mass is 10.2. The molecule has 8 heteroatoms. The van der Waals surface area contributed by atoms with Gasteiger partial charge in [-0.25, -0.2) is 8.42 Å². The second kappa shape index (κ2) is 9.38. The summed E-state index contributed by atoms with van der Waals surface area (Å²) in [6.07, 6.45) is 0. The van der Waals surface area contributed by atoms with E-state index in [2.05, 4.69) is 5.32 Å². The molecule has 0 aromatic heterocycles. The number of sulfonamides is 1. The van der Waals surface area contributed by atoms with Gasteiger partial charge < -0.3 is 14.8 Å². The van der Waals surface area contributed by atoms with Gasteiger partial charge in [-0.2, -0.15) is 0 Å². The van der Waals surface area contributed by atoms with Gasteiger partial charge in [-0.1, -0.05) is 17.7 Å². The van der Waals surface area contributed by atoms with Gasteiger partial charge in [-0.15, -0.1) is 0 Å². The zero-order valence-corrected chi connectivity index (χ0v) is 16.5. The zero-order chi connectivity index (χ0) is 19.9. The van der Waals surface area contributed by atoms with Crippen LogP contribution < -0.4 is 14.4 Å². The first-order chi connectivity index (χ1) is 12.9. The van der Waals surface area contributed by atoms with E-state index >= 15 is 0 Å². The number of rotatable bonds is 9. The van der Waals surface area contributed by atoms with Crippen molar-refractivity contribution in [2.75, 3.05) is 38.2 Å². The third-order valence-corrected chi connectivity index (χ3v) is 5.67. The van der Waals surface area contributed by atoms with Crippen molar-refractivity contribution in [2.24, 2.45) is 0 Å². The summed E-state index contributed by atoms with van der Waals surface area (Å²) >= 11 is 0. The van der Waals surface area contributed by atoms with Crippen LogP contribution in [0.1, 0.15) is 5.56 Å². The minimum atomic E-state index is -3.93. The van der Waals surface area contributed by atoms with Gasteiger partial charge in [-0.05, 0) is 43.3 Å². The second-order valence-corrected chi connectivity index (χ2v) is 7.73. The van der Waals surface area contributed by atoms with Crippen LogP contribution in [0.3, 0.4) is 0 Å². The SMILES string of the molecule is COCCNC(=O)CN(c1ccc(C)cc1)S(=O)(=O)c1ccc(OC)cc1. The third kappa shape index (κ3) is 5.45. The van der Waals surface area contributed by atoms with E-state index in [9.17, 15) is 13.2 Å². The summed E-state index contributed by atoms with van der Waals surface area (Å²) < 4.78 is 37.4. The fourth-order valence-electron chi connectivity index (χ4n) is 2.38. The number of hydrogen-bond acceptors (Lipinski definition) is 5. The Morgan fingerprint density at radius 3 is 2.22 bits per heavy atom. The fourth-order valence-corrected chi connectivity index (χ4v) is 3.80. The van der Waals surface area contributed by atoms with E-state index in [1.807, 2.05) is 6.92 Å². The number of ether oxygens (including phenoxy) is 2. The highest BCUT2D eigenvalue weighted by Gasteiger charge is 2.27. The zero-order valence-electron chi connectivity index (χ0n) is 15.6. The minimum Gasteiger partial charge on any atom is -0.497 e. The maximum atomic E-state index is 13.2. The molecule has 0 fully saturated rings. The summed E-state index contributed by atoms with van der Waals surface area (Å²) in [7, 11) is -0.899. The molecule has 0 saturated carbocycles. The van der Waals surface area contributed by atoms with Crippen LogP contribution in [0, 0.1) is 6.92 Å². The van der Waals surface area contributed by atoms with Gasteiger partial charge in [0.25, 0.3) is 10.0 Å². The van der Waals surface area contributed by atoms with Crippen molar-refractivity contribution in [3.05, 3.63) is 54.1 Å². The lowest BCUT2D eigenvalue weighted by Gasteiger charge is -2.24. The van der Waals surface area contributed by atoms with E-state index in [1.165, 1.54) is 26.4 Å². The summed E-state index contributed by atoms with van der Waals surface area (Å²) in [4.78, 5) is 12.3. The molecular formula is C19H24N2O5S. The first-order valence-electron chi connectivity index (χ1n) is 8.37. The third-order valence-electron chi connectivity index (χ3n) is 3.88. The lowest BCUT2D eigenvalue weighted by molar-refractivity contribution is -0.119. The van der Waals surface area contributed by atoms with Crippen molar-refractivity contribution in [1.29, 1.82) is 0 Å². The molecule has 2 aromatic carbocycles.